The maximum atomic E-state index is 12.5. The minimum Gasteiger partial charge on any atom is -0.370 e. The van der Waals surface area contributed by atoms with Crippen LogP contribution in [0.4, 0.5) is 11.4 Å². The van der Waals surface area contributed by atoms with Crippen molar-refractivity contribution in [1.82, 2.24) is 0 Å². The third-order valence-corrected chi connectivity index (χ3v) is 4.38. The molecular weight excluding hydrogens is 284 g/mol. The van der Waals surface area contributed by atoms with Crippen LogP contribution in [0.2, 0.25) is 0 Å². The van der Waals surface area contributed by atoms with E-state index in [1.165, 1.54) is 25.7 Å². The Balaban J connectivity index is 1.81. The van der Waals surface area contributed by atoms with Crippen molar-refractivity contribution in [2.75, 3.05) is 23.3 Å². The summed E-state index contributed by atoms with van der Waals surface area (Å²) < 4.78 is 0. The van der Waals surface area contributed by atoms with Crippen molar-refractivity contribution in [3.63, 3.8) is 0 Å². The van der Waals surface area contributed by atoms with E-state index in [4.69, 9.17) is 0 Å². The first kappa shape index (κ1) is 15.6. The van der Waals surface area contributed by atoms with Gasteiger partial charge in [-0.25, -0.2) is 0 Å². The molecule has 1 fully saturated rings. The second-order valence-corrected chi connectivity index (χ2v) is 6.24. The maximum Gasteiger partial charge on any atom is 0.255 e. The molecule has 2 aromatic carbocycles. The summed E-state index contributed by atoms with van der Waals surface area (Å²) in [5, 5.41) is 3.09. The van der Waals surface area contributed by atoms with Crippen LogP contribution in [0.25, 0.3) is 0 Å². The van der Waals surface area contributed by atoms with E-state index in [0.29, 0.717) is 5.56 Å². The van der Waals surface area contributed by atoms with E-state index in [-0.39, 0.29) is 5.91 Å². The Labute approximate surface area is 138 Å². The largest absolute Gasteiger partial charge is 0.370 e. The van der Waals surface area contributed by atoms with Crippen molar-refractivity contribution >= 4 is 17.3 Å². The predicted molar refractivity (Wildman–Crippen MR) is 96.3 cm³/mol. The standard InChI is InChI=1S/C20H24N2O/c1-16-9-8-10-17(15-16)20(23)21-18-11-4-5-12-19(18)22-13-6-2-3-7-14-22/h4-5,8-12,15H,2-3,6-7,13-14H2,1H3,(H,21,23). The molecule has 120 valence electrons. The SMILES string of the molecule is Cc1cccc(C(=O)Nc2ccccc2N2CCCCCC2)c1. The summed E-state index contributed by atoms with van der Waals surface area (Å²) in [6, 6.07) is 15.8. The van der Waals surface area contributed by atoms with Gasteiger partial charge in [-0.15, -0.1) is 0 Å². The van der Waals surface area contributed by atoms with E-state index in [2.05, 4.69) is 16.3 Å². The average molecular weight is 308 g/mol. The maximum absolute atomic E-state index is 12.5. The minimum atomic E-state index is -0.0454. The van der Waals surface area contributed by atoms with Gasteiger partial charge in [0.25, 0.3) is 5.91 Å². The number of aryl methyl sites for hydroxylation is 1. The third-order valence-electron chi connectivity index (χ3n) is 4.38. The van der Waals surface area contributed by atoms with Crippen molar-refractivity contribution in [2.24, 2.45) is 0 Å². The summed E-state index contributed by atoms with van der Waals surface area (Å²) in [6.45, 7) is 4.14. The first-order valence-electron chi connectivity index (χ1n) is 8.46. The van der Waals surface area contributed by atoms with Gasteiger partial charge in [-0.3, -0.25) is 4.79 Å². The Morgan fingerprint density at radius 2 is 1.70 bits per heavy atom. The van der Waals surface area contributed by atoms with E-state index >= 15 is 0 Å². The molecular formula is C20H24N2O. The lowest BCUT2D eigenvalue weighted by molar-refractivity contribution is 0.102. The summed E-state index contributed by atoms with van der Waals surface area (Å²) in [7, 11) is 0. The molecule has 0 bridgehead atoms. The summed E-state index contributed by atoms with van der Waals surface area (Å²) in [5.41, 5.74) is 3.84. The lowest BCUT2D eigenvalue weighted by atomic mass is 10.1. The predicted octanol–water partition coefficient (Wildman–Crippen LogP) is 4.63. The number of nitrogens with zero attached hydrogens (tertiary/aromatic N) is 1. The second kappa shape index (κ2) is 7.32. The first-order chi connectivity index (χ1) is 11.2. The van der Waals surface area contributed by atoms with Gasteiger partial charge in [-0.05, 0) is 44.0 Å². The monoisotopic (exact) mass is 308 g/mol. The molecule has 0 aromatic heterocycles. The molecule has 3 nitrogen and oxygen atoms in total. The molecule has 0 spiro atoms. The van der Waals surface area contributed by atoms with Crippen molar-refractivity contribution in [3.8, 4) is 0 Å². The number of anilines is 2. The molecule has 0 unspecified atom stereocenters. The van der Waals surface area contributed by atoms with Crippen LogP contribution < -0.4 is 10.2 Å². The minimum absolute atomic E-state index is 0.0454. The van der Waals surface area contributed by atoms with Crippen LogP contribution in [0.1, 0.15) is 41.6 Å². The fraction of sp³-hybridized carbons (Fsp3) is 0.350. The Morgan fingerprint density at radius 3 is 2.43 bits per heavy atom. The number of para-hydroxylation sites is 2. The number of nitrogens with one attached hydrogen (secondary N) is 1. The molecule has 1 aliphatic heterocycles. The quantitative estimate of drug-likeness (QED) is 0.896. The molecule has 3 heteroatoms. The van der Waals surface area contributed by atoms with Gasteiger partial charge < -0.3 is 10.2 Å². The highest BCUT2D eigenvalue weighted by Gasteiger charge is 2.15. The lowest BCUT2D eigenvalue weighted by Gasteiger charge is -2.25. The highest BCUT2D eigenvalue weighted by Crippen LogP contribution is 2.28. The zero-order valence-corrected chi connectivity index (χ0v) is 13.7. The Bertz CT molecular complexity index is 673. The van der Waals surface area contributed by atoms with Gasteiger partial charge in [0, 0.05) is 18.7 Å². The highest BCUT2D eigenvalue weighted by atomic mass is 16.1. The molecule has 1 amide bonds. The number of hydrogen-bond donors (Lipinski definition) is 1. The second-order valence-electron chi connectivity index (χ2n) is 6.24. The van der Waals surface area contributed by atoms with Crippen LogP contribution in [-0.2, 0) is 0 Å². The van der Waals surface area contributed by atoms with Crippen LogP contribution in [0, 0.1) is 6.92 Å². The molecule has 3 rings (SSSR count). The molecule has 1 heterocycles. The van der Waals surface area contributed by atoms with Gasteiger partial charge in [0.05, 0.1) is 11.4 Å². The van der Waals surface area contributed by atoms with Gasteiger partial charge in [-0.1, -0.05) is 42.7 Å². The molecule has 0 saturated carbocycles. The molecule has 2 aromatic rings. The van der Waals surface area contributed by atoms with Gasteiger partial charge in [0.15, 0.2) is 0 Å². The van der Waals surface area contributed by atoms with Gasteiger partial charge >= 0.3 is 0 Å². The zero-order valence-electron chi connectivity index (χ0n) is 13.7. The Hall–Kier alpha value is -2.29. The van der Waals surface area contributed by atoms with E-state index < -0.39 is 0 Å². The van der Waals surface area contributed by atoms with Crippen molar-refractivity contribution in [2.45, 2.75) is 32.6 Å². The van der Waals surface area contributed by atoms with Crippen LogP contribution in [0.15, 0.2) is 48.5 Å². The molecule has 1 saturated heterocycles. The number of benzene rings is 2. The molecule has 0 radical (unpaired) electrons. The number of hydrogen-bond acceptors (Lipinski definition) is 2. The molecule has 1 N–H and O–H groups in total. The fourth-order valence-corrected chi connectivity index (χ4v) is 3.15. The lowest BCUT2D eigenvalue weighted by Crippen LogP contribution is -2.25. The molecule has 1 aliphatic rings. The van der Waals surface area contributed by atoms with Crippen molar-refractivity contribution in [1.29, 1.82) is 0 Å². The summed E-state index contributed by atoms with van der Waals surface area (Å²) in [6.07, 6.45) is 5.04. The van der Waals surface area contributed by atoms with Gasteiger partial charge in [0.1, 0.15) is 0 Å². The summed E-state index contributed by atoms with van der Waals surface area (Å²) in [4.78, 5) is 14.9. The van der Waals surface area contributed by atoms with Crippen molar-refractivity contribution < 1.29 is 4.79 Å². The fourth-order valence-electron chi connectivity index (χ4n) is 3.15. The van der Waals surface area contributed by atoms with E-state index in [9.17, 15) is 4.79 Å². The van der Waals surface area contributed by atoms with Crippen molar-refractivity contribution in [3.05, 3.63) is 59.7 Å². The van der Waals surface area contributed by atoms with Gasteiger partial charge in [-0.2, -0.15) is 0 Å². The van der Waals surface area contributed by atoms with Crippen LogP contribution in [0.3, 0.4) is 0 Å². The number of rotatable bonds is 3. The number of carbonyl (C=O) groups excluding carboxylic acids is 1. The number of amides is 1. The summed E-state index contributed by atoms with van der Waals surface area (Å²) in [5.74, 6) is -0.0454. The topological polar surface area (TPSA) is 32.3 Å². The number of carbonyl (C=O) groups is 1. The first-order valence-corrected chi connectivity index (χ1v) is 8.46. The Kier molecular flexibility index (Phi) is 4.96. The van der Waals surface area contributed by atoms with Crippen LogP contribution >= 0.6 is 0 Å². The molecule has 0 aliphatic carbocycles. The zero-order chi connectivity index (χ0) is 16.1. The van der Waals surface area contributed by atoms with E-state index in [1.807, 2.05) is 49.4 Å². The Morgan fingerprint density at radius 1 is 0.957 bits per heavy atom. The molecule has 0 atom stereocenters. The normalized spacial score (nSPS) is 15.1. The highest BCUT2D eigenvalue weighted by molar-refractivity contribution is 6.06. The smallest absolute Gasteiger partial charge is 0.255 e. The van der Waals surface area contributed by atoms with E-state index in [0.717, 1.165) is 30.0 Å². The summed E-state index contributed by atoms with van der Waals surface area (Å²) >= 11 is 0. The molecule has 23 heavy (non-hydrogen) atoms. The van der Waals surface area contributed by atoms with Crippen LogP contribution in [-0.4, -0.2) is 19.0 Å². The van der Waals surface area contributed by atoms with Gasteiger partial charge in [0.2, 0.25) is 0 Å². The average Bonchev–Trinajstić information content (AvgIpc) is 2.84. The van der Waals surface area contributed by atoms with Crippen LogP contribution in [0.5, 0.6) is 0 Å². The third kappa shape index (κ3) is 3.92. The van der Waals surface area contributed by atoms with E-state index in [1.54, 1.807) is 0 Å².